The summed E-state index contributed by atoms with van der Waals surface area (Å²) < 4.78 is 5.27. The molecule has 0 bridgehead atoms. The molecule has 3 heterocycles. The Morgan fingerprint density at radius 2 is 1.92 bits per heavy atom. The van der Waals surface area contributed by atoms with Crippen molar-refractivity contribution in [1.29, 1.82) is 0 Å². The molecule has 2 amide bonds. The van der Waals surface area contributed by atoms with Crippen molar-refractivity contribution in [2.24, 2.45) is 0 Å². The Morgan fingerprint density at radius 1 is 1.23 bits per heavy atom. The molecule has 7 nitrogen and oxygen atoms in total. The summed E-state index contributed by atoms with van der Waals surface area (Å²) in [6.07, 6.45) is 3.57. The minimum atomic E-state index is -0.134. The van der Waals surface area contributed by atoms with E-state index in [0.717, 1.165) is 31.1 Å². The standard InChI is InChI=1S/C19H27N5O2/c1-15-12-17(26-22-15)13-23-8-10-24(11-9-23)18(25)21-14-19(2,3)16-4-6-20-7-5-16/h4-7,12H,8-11,13-14H2,1-3H3,(H,21,25). The molecular weight excluding hydrogens is 330 g/mol. The lowest BCUT2D eigenvalue weighted by atomic mass is 9.85. The Labute approximate surface area is 154 Å². The Kier molecular flexibility index (Phi) is 5.56. The molecule has 26 heavy (non-hydrogen) atoms. The highest BCUT2D eigenvalue weighted by atomic mass is 16.5. The molecular formula is C19H27N5O2. The van der Waals surface area contributed by atoms with Crippen molar-refractivity contribution < 1.29 is 9.32 Å². The lowest BCUT2D eigenvalue weighted by Gasteiger charge is -2.35. The molecule has 2 aromatic heterocycles. The average molecular weight is 357 g/mol. The largest absolute Gasteiger partial charge is 0.360 e. The van der Waals surface area contributed by atoms with Crippen molar-refractivity contribution in [2.45, 2.75) is 32.7 Å². The number of aromatic nitrogens is 2. The molecule has 1 aliphatic heterocycles. The summed E-state index contributed by atoms with van der Waals surface area (Å²) in [5.41, 5.74) is 1.93. The van der Waals surface area contributed by atoms with Crippen molar-refractivity contribution in [2.75, 3.05) is 32.7 Å². The van der Waals surface area contributed by atoms with Crippen LogP contribution in [0.5, 0.6) is 0 Å². The van der Waals surface area contributed by atoms with Crippen LogP contribution in [0.25, 0.3) is 0 Å². The fourth-order valence-electron chi connectivity index (χ4n) is 3.13. The summed E-state index contributed by atoms with van der Waals surface area (Å²) in [5.74, 6) is 0.875. The highest BCUT2D eigenvalue weighted by Crippen LogP contribution is 2.21. The second-order valence-electron chi connectivity index (χ2n) is 7.48. The van der Waals surface area contributed by atoms with Gasteiger partial charge in [-0.2, -0.15) is 0 Å². The molecule has 1 N–H and O–H groups in total. The second-order valence-corrected chi connectivity index (χ2v) is 7.48. The van der Waals surface area contributed by atoms with Crippen molar-refractivity contribution in [1.82, 2.24) is 25.3 Å². The SMILES string of the molecule is Cc1cc(CN2CCN(C(=O)NCC(C)(C)c3ccncc3)CC2)on1. The molecule has 140 valence electrons. The smallest absolute Gasteiger partial charge is 0.317 e. The van der Waals surface area contributed by atoms with Gasteiger partial charge in [-0.3, -0.25) is 9.88 Å². The third-order valence-electron chi connectivity index (χ3n) is 4.86. The topological polar surface area (TPSA) is 74.5 Å². The third kappa shape index (κ3) is 4.60. The first-order chi connectivity index (χ1) is 12.4. The Hall–Kier alpha value is -2.41. The maximum absolute atomic E-state index is 12.5. The van der Waals surface area contributed by atoms with Crippen molar-refractivity contribution in [3.63, 3.8) is 0 Å². The zero-order valence-corrected chi connectivity index (χ0v) is 15.7. The molecule has 0 unspecified atom stereocenters. The normalized spacial score (nSPS) is 15.9. The summed E-state index contributed by atoms with van der Waals surface area (Å²) >= 11 is 0. The number of hydrogen-bond acceptors (Lipinski definition) is 5. The van der Waals surface area contributed by atoms with E-state index in [4.69, 9.17) is 4.52 Å². The van der Waals surface area contributed by atoms with Crippen LogP contribution in [-0.4, -0.2) is 58.7 Å². The van der Waals surface area contributed by atoms with E-state index in [1.165, 1.54) is 5.56 Å². The van der Waals surface area contributed by atoms with Gasteiger partial charge < -0.3 is 14.7 Å². The minimum absolute atomic E-state index is 0.00212. The van der Waals surface area contributed by atoms with Crippen LogP contribution in [0.2, 0.25) is 0 Å². The van der Waals surface area contributed by atoms with Gasteiger partial charge in [0.05, 0.1) is 12.2 Å². The van der Waals surface area contributed by atoms with Gasteiger partial charge in [0, 0.05) is 56.6 Å². The van der Waals surface area contributed by atoms with Crippen LogP contribution in [-0.2, 0) is 12.0 Å². The zero-order chi connectivity index (χ0) is 18.6. The minimum Gasteiger partial charge on any atom is -0.360 e. The summed E-state index contributed by atoms with van der Waals surface area (Å²) in [6.45, 7) is 10.6. The van der Waals surface area contributed by atoms with E-state index in [1.807, 2.05) is 30.0 Å². The molecule has 1 saturated heterocycles. The van der Waals surface area contributed by atoms with Crippen LogP contribution in [0.4, 0.5) is 4.79 Å². The predicted molar refractivity (Wildman–Crippen MR) is 98.8 cm³/mol. The van der Waals surface area contributed by atoms with E-state index in [2.05, 4.69) is 34.2 Å². The fourth-order valence-corrected chi connectivity index (χ4v) is 3.13. The summed E-state index contributed by atoms with van der Waals surface area (Å²) in [7, 11) is 0. The maximum Gasteiger partial charge on any atom is 0.317 e. The van der Waals surface area contributed by atoms with Gasteiger partial charge in [0.1, 0.15) is 0 Å². The van der Waals surface area contributed by atoms with E-state index >= 15 is 0 Å². The Bertz CT molecular complexity index is 721. The molecule has 0 aliphatic carbocycles. The van der Waals surface area contributed by atoms with Crippen LogP contribution in [0, 0.1) is 6.92 Å². The first-order valence-corrected chi connectivity index (χ1v) is 9.02. The molecule has 0 spiro atoms. The fraction of sp³-hybridized carbons (Fsp3) is 0.526. The van der Waals surface area contributed by atoms with Gasteiger partial charge in [-0.15, -0.1) is 0 Å². The zero-order valence-electron chi connectivity index (χ0n) is 15.7. The number of nitrogens with one attached hydrogen (secondary N) is 1. The van der Waals surface area contributed by atoms with Crippen molar-refractivity contribution in [3.8, 4) is 0 Å². The lowest BCUT2D eigenvalue weighted by Crippen LogP contribution is -2.52. The number of carbonyl (C=O) groups excluding carboxylic acids is 1. The number of aryl methyl sites for hydroxylation is 1. The molecule has 0 radical (unpaired) electrons. The van der Waals surface area contributed by atoms with Crippen molar-refractivity contribution >= 4 is 6.03 Å². The monoisotopic (exact) mass is 357 g/mol. The Morgan fingerprint density at radius 3 is 2.54 bits per heavy atom. The molecule has 0 saturated carbocycles. The van der Waals surface area contributed by atoms with Crippen molar-refractivity contribution in [3.05, 3.63) is 47.6 Å². The molecule has 7 heteroatoms. The molecule has 2 aromatic rings. The summed E-state index contributed by atoms with van der Waals surface area (Å²) in [4.78, 5) is 20.7. The van der Waals surface area contributed by atoms with Gasteiger partial charge in [-0.05, 0) is 24.6 Å². The molecule has 0 atom stereocenters. The summed E-state index contributed by atoms with van der Waals surface area (Å²) in [5, 5.41) is 7.00. The predicted octanol–water partition coefficient (Wildman–Crippen LogP) is 2.18. The first kappa shape index (κ1) is 18.4. The number of urea groups is 1. The quantitative estimate of drug-likeness (QED) is 0.888. The van der Waals surface area contributed by atoms with Crippen LogP contribution in [0.3, 0.4) is 0 Å². The van der Waals surface area contributed by atoms with E-state index in [9.17, 15) is 4.79 Å². The molecule has 0 aromatic carbocycles. The third-order valence-corrected chi connectivity index (χ3v) is 4.86. The van der Waals surface area contributed by atoms with Gasteiger partial charge in [0.25, 0.3) is 0 Å². The number of amides is 2. The first-order valence-electron chi connectivity index (χ1n) is 9.02. The highest BCUT2D eigenvalue weighted by molar-refractivity contribution is 5.74. The van der Waals surface area contributed by atoms with Gasteiger partial charge in [0.2, 0.25) is 0 Å². The number of pyridine rings is 1. The lowest BCUT2D eigenvalue weighted by molar-refractivity contribution is 0.127. The average Bonchev–Trinajstić information content (AvgIpc) is 3.06. The van der Waals surface area contributed by atoms with Crippen LogP contribution in [0.1, 0.15) is 30.9 Å². The van der Waals surface area contributed by atoms with Gasteiger partial charge in [-0.1, -0.05) is 19.0 Å². The second kappa shape index (κ2) is 7.86. The van der Waals surface area contributed by atoms with Crippen LogP contribution >= 0.6 is 0 Å². The maximum atomic E-state index is 12.5. The number of piperazine rings is 1. The van der Waals surface area contributed by atoms with E-state index in [1.54, 1.807) is 12.4 Å². The van der Waals surface area contributed by atoms with Gasteiger partial charge in [0.15, 0.2) is 5.76 Å². The van der Waals surface area contributed by atoms with Crippen LogP contribution in [0.15, 0.2) is 35.1 Å². The number of hydrogen-bond donors (Lipinski definition) is 1. The van der Waals surface area contributed by atoms with Gasteiger partial charge in [-0.25, -0.2) is 4.79 Å². The number of carbonyl (C=O) groups is 1. The number of rotatable bonds is 5. The van der Waals surface area contributed by atoms with Crippen LogP contribution < -0.4 is 5.32 Å². The van der Waals surface area contributed by atoms with E-state index < -0.39 is 0 Å². The highest BCUT2D eigenvalue weighted by Gasteiger charge is 2.25. The van der Waals surface area contributed by atoms with Gasteiger partial charge >= 0.3 is 6.03 Å². The Balaban J connectivity index is 1.45. The molecule has 3 rings (SSSR count). The summed E-state index contributed by atoms with van der Waals surface area (Å²) in [6, 6.07) is 5.95. The molecule has 1 fully saturated rings. The molecule has 1 aliphatic rings. The van der Waals surface area contributed by atoms with E-state index in [0.29, 0.717) is 19.6 Å². The number of nitrogens with zero attached hydrogens (tertiary/aromatic N) is 4. The van der Waals surface area contributed by atoms with E-state index in [-0.39, 0.29) is 11.4 Å².